The standard InChI is InChI=1S/C14H13Cl2NO2/c1-19-14(11-5-4-10(15)7-12(11)16)13-9(8-18)3-2-6-17-13/h2-7,14,18H,8H2,1H3. The van der Waals surface area contributed by atoms with Crippen LogP contribution in [0.2, 0.25) is 10.0 Å². The summed E-state index contributed by atoms with van der Waals surface area (Å²) in [6, 6.07) is 8.78. The van der Waals surface area contributed by atoms with E-state index in [1.165, 1.54) is 0 Å². The smallest absolute Gasteiger partial charge is 0.126 e. The summed E-state index contributed by atoms with van der Waals surface area (Å²) in [5, 5.41) is 10.4. The molecule has 19 heavy (non-hydrogen) atoms. The maximum atomic E-state index is 9.37. The first-order chi connectivity index (χ1) is 9.17. The van der Waals surface area contributed by atoms with Crippen LogP contribution in [0.25, 0.3) is 0 Å². The predicted molar refractivity (Wildman–Crippen MR) is 75.5 cm³/mol. The lowest BCUT2D eigenvalue weighted by Crippen LogP contribution is -2.09. The maximum absolute atomic E-state index is 9.37. The summed E-state index contributed by atoms with van der Waals surface area (Å²) in [6.45, 7) is -0.103. The van der Waals surface area contributed by atoms with E-state index < -0.39 is 6.10 Å². The van der Waals surface area contributed by atoms with Gasteiger partial charge in [-0.3, -0.25) is 4.98 Å². The lowest BCUT2D eigenvalue weighted by Gasteiger charge is -2.19. The van der Waals surface area contributed by atoms with Crippen LogP contribution in [0.5, 0.6) is 0 Å². The molecule has 100 valence electrons. The third-order valence-corrected chi connectivity index (χ3v) is 3.39. The second kappa shape index (κ2) is 6.35. The molecule has 2 rings (SSSR count). The van der Waals surface area contributed by atoms with Crippen LogP contribution in [-0.4, -0.2) is 17.2 Å². The van der Waals surface area contributed by atoms with E-state index in [1.54, 1.807) is 43.6 Å². The van der Waals surface area contributed by atoms with Gasteiger partial charge in [-0.2, -0.15) is 0 Å². The summed E-state index contributed by atoms with van der Waals surface area (Å²) in [5.74, 6) is 0. The molecular formula is C14H13Cl2NO2. The summed E-state index contributed by atoms with van der Waals surface area (Å²) in [7, 11) is 1.57. The number of methoxy groups -OCH3 is 1. The first kappa shape index (κ1) is 14.3. The SMILES string of the molecule is COC(c1ccc(Cl)cc1Cl)c1ncccc1CO. The molecule has 5 heteroatoms. The number of benzene rings is 1. The molecule has 1 unspecified atom stereocenters. The van der Waals surface area contributed by atoms with Gasteiger partial charge in [-0.05, 0) is 18.2 Å². The maximum Gasteiger partial charge on any atom is 0.126 e. The number of ether oxygens (including phenoxy) is 1. The van der Waals surface area contributed by atoms with Crippen molar-refractivity contribution >= 4 is 23.2 Å². The van der Waals surface area contributed by atoms with Gasteiger partial charge >= 0.3 is 0 Å². The third kappa shape index (κ3) is 3.07. The number of aromatic nitrogens is 1. The number of aliphatic hydroxyl groups is 1. The molecule has 0 radical (unpaired) electrons. The number of pyridine rings is 1. The lowest BCUT2D eigenvalue weighted by molar-refractivity contribution is 0.130. The molecule has 3 nitrogen and oxygen atoms in total. The zero-order valence-electron chi connectivity index (χ0n) is 10.3. The Balaban J connectivity index is 2.50. The summed E-state index contributed by atoms with van der Waals surface area (Å²) >= 11 is 12.1. The van der Waals surface area contributed by atoms with Gasteiger partial charge < -0.3 is 9.84 Å². The van der Waals surface area contributed by atoms with Crippen molar-refractivity contribution in [1.29, 1.82) is 0 Å². The molecule has 1 aromatic carbocycles. The van der Waals surface area contributed by atoms with Gasteiger partial charge in [-0.15, -0.1) is 0 Å². The number of hydrogen-bond donors (Lipinski definition) is 1. The van der Waals surface area contributed by atoms with Crippen molar-refractivity contribution in [3.05, 3.63) is 63.4 Å². The Kier molecular flexibility index (Phi) is 4.77. The van der Waals surface area contributed by atoms with Gasteiger partial charge in [-0.1, -0.05) is 35.3 Å². The molecule has 0 saturated carbocycles. The molecule has 0 aliphatic carbocycles. The van der Waals surface area contributed by atoms with Gasteiger partial charge in [0.25, 0.3) is 0 Å². The fourth-order valence-corrected chi connectivity index (χ4v) is 2.43. The van der Waals surface area contributed by atoms with Gasteiger partial charge in [0.15, 0.2) is 0 Å². The highest BCUT2D eigenvalue weighted by atomic mass is 35.5. The first-order valence-corrected chi connectivity index (χ1v) is 6.45. The minimum absolute atomic E-state index is 0.103. The highest BCUT2D eigenvalue weighted by Crippen LogP contribution is 2.33. The van der Waals surface area contributed by atoms with E-state index in [2.05, 4.69) is 4.98 Å². The van der Waals surface area contributed by atoms with Crippen molar-refractivity contribution in [1.82, 2.24) is 4.98 Å². The van der Waals surface area contributed by atoms with Gasteiger partial charge in [0, 0.05) is 34.5 Å². The zero-order chi connectivity index (χ0) is 13.8. The molecule has 1 aromatic heterocycles. The lowest BCUT2D eigenvalue weighted by atomic mass is 10.0. The van der Waals surface area contributed by atoms with Crippen LogP contribution in [0.3, 0.4) is 0 Å². The quantitative estimate of drug-likeness (QED) is 0.937. The molecule has 0 saturated heterocycles. The monoisotopic (exact) mass is 297 g/mol. The van der Waals surface area contributed by atoms with Crippen LogP contribution in [0, 0.1) is 0 Å². The Labute approximate surface area is 121 Å². The molecule has 0 spiro atoms. The number of halogens is 2. The van der Waals surface area contributed by atoms with Crippen molar-refractivity contribution in [2.75, 3.05) is 7.11 Å². The molecule has 1 heterocycles. The van der Waals surface area contributed by atoms with E-state index in [4.69, 9.17) is 27.9 Å². The zero-order valence-corrected chi connectivity index (χ0v) is 11.8. The molecule has 0 aliphatic heterocycles. The van der Waals surface area contributed by atoms with Crippen molar-refractivity contribution in [2.45, 2.75) is 12.7 Å². The highest BCUT2D eigenvalue weighted by molar-refractivity contribution is 6.35. The Morgan fingerprint density at radius 1 is 1.32 bits per heavy atom. The minimum atomic E-state index is -0.437. The van der Waals surface area contributed by atoms with Crippen LogP contribution in [0.4, 0.5) is 0 Å². The normalized spacial score (nSPS) is 12.4. The Morgan fingerprint density at radius 3 is 2.74 bits per heavy atom. The molecule has 1 atom stereocenters. The topological polar surface area (TPSA) is 42.4 Å². The Bertz CT molecular complexity index is 575. The van der Waals surface area contributed by atoms with Crippen LogP contribution in [0.1, 0.15) is 22.9 Å². The highest BCUT2D eigenvalue weighted by Gasteiger charge is 2.20. The van der Waals surface area contributed by atoms with E-state index in [0.717, 1.165) is 5.56 Å². The van der Waals surface area contributed by atoms with Gasteiger partial charge in [-0.25, -0.2) is 0 Å². The molecule has 0 aliphatic rings. The fourth-order valence-electron chi connectivity index (χ4n) is 1.92. The van der Waals surface area contributed by atoms with Crippen LogP contribution >= 0.6 is 23.2 Å². The minimum Gasteiger partial charge on any atom is -0.392 e. The molecule has 2 aromatic rings. The van der Waals surface area contributed by atoms with E-state index in [1.807, 2.05) is 0 Å². The average Bonchev–Trinajstić information content (AvgIpc) is 2.42. The molecule has 0 amide bonds. The second-order valence-electron chi connectivity index (χ2n) is 3.99. The van der Waals surface area contributed by atoms with Crippen molar-refractivity contribution in [2.24, 2.45) is 0 Å². The largest absolute Gasteiger partial charge is 0.392 e. The van der Waals surface area contributed by atoms with Crippen molar-refractivity contribution in [3.63, 3.8) is 0 Å². The Morgan fingerprint density at radius 2 is 2.11 bits per heavy atom. The van der Waals surface area contributed by atoms with Crippen LogP contribution in [-0.2, 0) is 11.3 Å². The van der Waals surface area contributed by atoms with Crippen molar-refractivity contribution < 1.29 is 9.84 Å². The van der Waals surface area contributed by atoms with Gasteiger partial charge in [0.1, 0.15) is 6.10 Å². The summed E-state index contributed by atoms with van der Waals surface area (Å²) in [4.78, 5) is 4.28. The number of hydrogen-bond acceptors (Lipinski definition) is 3. The number of nitrogens with zero attached hydrogens (tertiary/aromatic N) is 1. The number of aliphatic hydroxyl groups excluding tert-OH is 1. The van der Waals surface area contributed by atoms with Crippen LogP contribution < -0.4 is 0 Å². The third-order valence-electron chi connectivity index (χ3n) is 2.83. The van der Waals surface area contributed by atoms with Gasteiger partial charge in [0.05, 0.1) is 12.3 Å². The van der Waals surface area contributed by atoms with Gasteiger partial charge in [0.2, 0.25) is 0 Å². The average molecular weight is 298 g/mol. The van der Waals surface area contributed by atoms with Crippen LogP contribution in [0.15, 0.2) is 36.5 Å². The summed E-state index contributed by atoms with van der Waals surface area (Å²) < 4.78 is 5.48. The van der Waals surface area contributed by atoms with E-state index >= 15 is 0 Å². The summed E-state index contributed by atoms with van der Waals surface area (Å²) in [5.41, 5.74) is 2.12. The van der Waals surface area contributed by atoms with E-state index in [-0.39, 0.29) is 6.61 Å². The molecule has 0 bridgehead atoms. The van der Waals surface area contributed by atoms with E-state index in [9.17, 15) is 5.11 Å². The van der Waals surface area contributed by atoms with E-state index in [0.29, 0.717) is 21.3 Å². The summed E-state index contributed by atoms with van der Waals surface area (Å²) in [6.07, 6.45) is 1.22. The fraction of sp³-hybridized carbons (Fsp3) is 0.214. The molecule has 1 N–H and O–H groups in total. The first-order valence-electron chi connectivity index (χ1n) is 5.69. The number of rotatable bonds is 4. The predicted octanol–water partition coefficient (Wildman–Crippen LogP) is 3.62. The second-order valence-corrected chi connectivity index (χ2v) is 4.83. The Hall–Kier alpha value is -1.13. The molecule has 0 fully saturated rings. The molecular weight excluding hydrogens is 285 g/mol. The van der Waals surface area contributed by atoms with Crippen molar-refractivity contribution in [3.8, 4) is 0 Å².